The molecule has 1 saturated heterocycles. The smallest absolute Gasteiger partial charge is 0.293 e. The SMILES string of the molecule is Cc1ccc(NC(=O)C(C)C2CNC2)c([N+](=O)[O-])c1. The van der Waals surface area contributed by atoms with E-state index in [1.165, 1.54) is 6.07 Å². The van der Waals surface area contributed by atoms with Crippen LogP contribution in [0.25, 0.3) is 0 Å². The molecule has 1 fully saturated rings. The van der Waals surface area contributed by atoms with Gasteiger partial charge in [-0.1, -0.05) is 13.0 Å². The van der Waals surface area contributed by atoms with Crippen LogP contribution < -0.4 is 10.6 Å². The van der Waals surface area contributed by atoms with Crippen molar-refractivity contribution in [3.63, 3.8) is 0 Å². The minimum atomic E-state index is -0.474. The molecule has 2 N–H and O–H groups in total. The summed E-state index contributed by atoms with van der Waals surface area (Å²) in [6.07, 6.45) is 0. The number of hydrogen-bond acceptors (Lipinski definition) is 4. The van der Waals surface area contributed by atoms with E-state index >= 15 is 0 Å². The maximum absolute atomic E-state index is 12.0. The van der Waals surface area contributed by atoms with Gasteiger partial charge in [0.1, 0.15) is 5.69 Å². The lowest BCUT2D eigenvalue weighted by Crippen LogP contribution is -2.48. The Morgan fingerprint density at radius 1 is 1.53 bits per heavy atom. The first-order chi connectivity index (χ1) is 8.99. The highest BCUT2D eigenvalue weighted by Gasteiger charge is 2.29. The number of nitrogens with one attached hydrogen (secondary N) is 2. The number of hydrogen-bond donors (Lipinski definition) is 2. The van der Waals surface area contributed by atoms with Gasteiger partial charge in [-0.2, -0.15) is 0 Å². The van der Waals surface area contributed by atoms with E-state index in [0.717, 1.165) is 18.7 Å². The second kappa shape index (κ2) is 5.36. The Kier molecular flexibility index (Phi) is 3.80. The number of nitro benzene ring substituents is 1. The maximum Gasteiger partial charge on any atom is 0.293 e. The Morgan fingerprint density at radius 3 is 2.74 bits per heavy atom. The number of nitro groups is 1. The fourth-order valence-corrected chi connectivity index (χ4v) is 2.02. The molecule has 1 unspecified atom stereocenters. The summed E-state index contributed by atoms with van der Waals surface area (Å²) < 4.78 is 0. The third kappa shape index (κ3) is 2.90. The van der Waals surface area contributed by atoms with Crippen LogP contribution in [0.15, 0.2) is 18.2 Å². The van der Waals surface area contributed by atoms with Crippen LogP contribution in [0.2, 0.25) is 0 Å². The Morgan fingerprint density at radius 2 is 2.21 bits per heavy atom. The molecule has 0 aromatic heterocycles. The number of carbonyl (C=O) groups excluding carboxylic acids is 1. The predicted molar refractivity (Wildman–Crippen MR) is 72.0 cm³/mol. The number of benzene rings is 1. The first-order valence-electron chi connectivity index (χ1n) is 6.25. The topological polar surface area (TPSA) is 84.3 Å². The first kappa shape index (κ1) is 13.5. The second-order valence-corrected chi connectivity index (χ2v) is 4.97. The third-order valence-corrected chi connectivity index (χ3v) is 3.54. The normalized spacial score (nSPS) is 16.5. The Labute approximate surface area is 111 Å². The van der Waals surface area contributed by atoms with Crippen molar-refractivity contribution in [3.05, 3.63) is 33.9 Å². The summed E-state index contributed by atoms with van der Waals surface area (Å²) in [5, 5.41) is 16.7. The van der Waals surface area contributed by atoms with Gasteiger partial charge in [-0.05, 0) is 37.6 Å². The number of amides is 1. The highest BCUT2D eigenvalue weighted by atomic mass is 16.6. The van der Waals surface area contributed by atoms with Gasteiger partial charge in [0.15, 0.2) is 0 Å². The Bertz CT molecular complexity index is 512. The molecule has 1 aliphatic heterocycles. The predicted octanol–water partition coefficient (Wildman–Crippen LogP) is 1.70. The monoisotopic (exact) mass is 263 g/mol. The zero-order valence-corrected chi connectivity index (χ0v) is 11.0. The van der Waals surface area contributed by atoms with Crippen molar-refractivity contribution >= 4 is 17.3 Å². The van der Waals surface area contributed by atoms with Gasteiger partial charge in [-0.25, -0.2) is 0 Å². The van der Waals surface area contributed by atoms with E-state index in [9.17, 15) is 14.9 Å². The van der Waals surface area contributed by atoms with Crippen LogP contribution in [0.1, 0.15) is 12.5 Å². The second-order valence-electron chi connectivity index (χ2n) is 4.97. The minimum absolute atomic E-state index is 0.0627. The molecule has 102 valence electrons. The van der Waals surface area contributed by atoms with Crippen molar-refractivity contribution in [1.82, 2.24) is 5.32 Å². The van der Waals surface area contributed by atoms with Gasteiger partial charge in [-0.15, -0.1) is 0 Å². The van der Waals surface area contributed by atoms with Crippen molar-refractivity contribution in [2.24, 2.45) is 11.8 Å². The fourth-order valence-electron chi connectivity index (χ4n) is 2.02. The van der Waals surface area contributed by atoms with E-state index in [1.54, 1.807) is 19.1 Å². The number of carbonyl (C=O) groups is 1. The van der Waals surface area contributed by atoms with Crippen molar-refractivity contribution in [2.75, 3.05) is 18.4 Å². The molecule has 1 heterocycles. The summed E-state index contributed by atoms with van der Waals surface area (Å²) >= 11 is 0. The molecule has 1 aromatic carbocycles. The van der Waals surface area contributed by atoms with E-state index in [2.05, 4.69) is 10.6 Å². The summed E-state index contributed by atoms with van der Waals surface area (Å²) in [5.74, 6) is -0.00915. The van der Waals surface area contributed by atoms with Gasteiger partial charge in [0.05, 0.1) is 4.92 Å². The van der Waals surface area contributed by atoms with Crippen molar-refractivity contribution in [3.8, 4) is 0 Å². The lowest BCUT2D eigenvalue weighted by atomic mass is 9.88. The van der Waals surface area contributed by atoms with E-state index in [0.29, 0.717) is 5.92 Å². The Balaban J connectivity index is 2.13. The van der Waals surface area contributed by atoms with Crippen molar-refractivity contribution in [2.45, 2.75) is 13.8 Å². The van der Waals surface area contributed by atoms with Gasteiger partial charge in [0, 0.05) is 12.0 Å². The largest absolute Gasteiger partial charge is 0.320 e. The zero-order chi connectivity index (χ0) is 14.0. The quantitative estimate of drug-likeness (QED) is 0.639. The van der Waals surface area contributed by atoms with Gasteiger partial charge < -0.3 is 10.6 Å². The molecule has 6 nitrogen and oxygen atoms in total. The molecule has 1 aliphatic rings. The third-order valence-electron chi connectivity index (χ3n) is 3.54. The summed E-state index contributed by atoms with van der Waals surface area (Å²) in [4.78, 5) is 22.5. The van der Waals surface area contributed by atoms with Crippen molar-refractivity contribution in [1.29, 1.82) is 0 Å². The highest BCUT2D eigenvalue weighted by Crippen LogP contribution is 2.27. The molecule has 0 spiro atoms. The summed E-state index contributed by atoms with van der Waals surface area (Å²) in [5.41, 5.74) is 0.993. The van der Waals surface area contributed by atoms with Gasteiger partial charge in [0.25, 0.3) is 5.69 Å². The van der Waals surface area contributed by atoms with Crippen LogP contribution in [0.3, 0.4) is 0 Å². The number of anilines is 1. The van der Waals surface area contributed by atoms with Crippen LogP contribution in [0.4, 0.5) is 11.4 Å². The van der Waals surface area contributed by atoms with E-state index in [1.807, 2.05) is 6.92 Å². The van der Waals surface area contributed by atoms with E-state index in [4.69, 9.17) is 0 Å². The molecule has 0 aliphatic carbocycles. The van der Waals surface area contributed by atoms with Crippen LogP contribution >= 0.6 is 0 Å². The summed E-state index contributed by atoms with van der Waals surface area (Å²) in [7, 11) is 0. The number of rotatable bonds is 4. The molecule has 1 atom stereocenters. The molecule has 1 amide bonds. The van der Waals surface area contributed by atoms with Gasteiger partial charge in [-0.3, -0.25) is 14.9 Å². The molecule has 0 saturated carbocycles. The van der Waals surface area contributed by atoms with Crippen LogP contribution in [0, 0.1) is 28.9 Å². The van der Waals surface area contributed by atoms with Crippen LogP contribution in [-0.2, 0) is 4.79 Å². The van der Waals surface area contributed by atoms with Gasteiger partial charge in [0.2, 0.25) is 5.91 Å². The molecular formula is C13H17N3O3. The van der Waals surface area contributed by atoms with Crippen LogP contribution in [0.5, 0.6) is 0 Å². The molecule has 0 bridgehead atoms. The number of aryl methyl sites for hydroxylation is 1. The lowest BCUT2D eigenvalue weighted by molar-refractivity contribution is -0.384. The average molecular weight is 263 g/mol. The summed E-state index contributed by atoms with van der Waals surface area (Å²) in [6.45, 7) is 5.28. The maximum atomic E-state index is 12.0. The standard InChI is InChI=1S/C13H17N3O3/c1-8-3-4-11(12(5-8)16(18)19)15-13(17)9(2)10-6-14-7-10/h3-5,9-10,14H,6-7H2,1-2H3,(H,15,17). The molecule has 1 aromatic rings. The highest BCUT2D eigenvalue weighted by molar-refractivity contribution is 5.94. The van der Waals surface area contributed by atoms with Crippen molar-refractivity contribution < 1.29 is 9.72 Å². The Hall–Kier alpha value is -1.95. The van der Waals surface area contributed by atoms with E-state index in [-0.39, 0.29) is 23.2 Å². The average Bonchev–Trinajstić information content (AvgIpc) is 2.28. The molecule has 0 radical (unpaired) electrons. The van der Waals surface area contributed by atoms with E-state index < -0.39 is 4.92 Å². The summed E-state index contributed by atoms with van der Waals surface area (Å²) in [6, 6.07) is 4.79. The minimum Gasteiger partial charge on any atom is -0.320 e. The lowest BCUT2D eigenvalue weighted by Gasteiger charge is -2.31. The zero-order valence-electron chi connectivity index (χ0n) is 11.0. The number of nitrogens with zero attached hydrogens (tertiary/aromatic N) is 1. The van der Waals surface area contributed by atoms with Gasteiger partial charge >= 0.3 is 0 Å². The molecule has 19 heavy (non-hydrogen) atoms. The van der Waals surface area contributed by atoms with Crippen LogP contribution in [-0.4, -0.2) is 23.9 Å². The molecular weight excluding hydrogens is 246 g/mol. The first-order valence-corrected chi connectivity index (χ1v) is 6.25. The molecule has 6 heteroatoms. The molecule has 2 rings (SSSR count). The fraction of sp³-hybridized carbons (Fsp3) is 0.462.